The summed E-state index contributed by atoms with van der Waals surface area (Å²) in [6.07, 6.45) is 11.7. The summed E-state index contributed by atoms with van der Waals surface area (Å²) in [6, 6.07) is 0. The van der Waals surface area contributed by atoms with Gasteiger partial charge in [-0.25, -0.2) is 4.79 Å². The number of carboxylic acids is 1. The number of aliphatic carboxylic acids is 1. The molecule has 0 saturated heterocycles. The molecule has 1 aliphatic carbocycles. The van der Waals surface area contributed by atoms with E-state index in [0.29, 0.717) is 6.42 Å². The van der Waals surface area contributed by atoms with Gasteiger partial charge in [0.25, 0.3) is 0 Å². The fourth-order valence-electron chi connectivity index (χ4n) is 2.89. The molecule has 1 aliphatic rings. The van der Waals surface area contributed by atoms with E-state index in [1.54, 1.807) is 0 Å². The van der Waals surface area contributed by atoms with Crippen LogP contribution < -0.4 is 0 Å². The van der Waals surface area contributed by atoms with Gasteiger partial charge >= 0.3 is 5.97 Å². The predicted octanol–water partition coefficient (Wildman–Crippen LogP) is 5.59. The molecule has 1 rings (SSSR count). The lowest BCUT2D eigenvalue weighted by atomic mass is 9.73. The van der Waals surface area contributed by atoms with Crippen molar-refractivity contribution in [3.8, 4) is 0 Å². The molecule has 0 aromatic heterocycles. The zero-order chi connectivity index (χ0) is 16.8. The van der Waals surface area contributed by atoms with E-state index in [2.05, 4.69) is 32.6 Å². The maximum atomic E-state index is 10.5. The Labute approximate surface area is 134 Å². The standard InChI is InChI=1S/C20H28O2/c1-15(8-6-9-16(2)14-19(21)22)11-12-18-17(3)10-7-13-20(18,4)5/h6,8,12,14H,7,9-10,13H2,1-5H3,(H,21,22)/b8-6?,16-14-. The zero-order valence-electron chi connectivity index (χ0n) is 14.5. The minimum Gasteiger partial charge on any atom is -0.478 e. The van der Waals surface area contributed by atoms with Crippen LogP contribution in [0.2, 0.25) is 0 Å². The molecule has 1 N–H and O–H groups in total. The van der Waals surface area contributed by atoms with Crippen LogP contribution in [0.15, 0.2) is 52.3 Å². The quantitative estimate of drug-likeness (QED) is 0.408. The van der Waals surface area contributed by atoms with E-state index in [4.69, 9.17) is 5.11 Å². The second kappa shape index (κ2) is 8.00. The third kappa shape index (κ3) is 5.91. The van der Waals surface area contributed by atoms with Crippen molar-refractivity contribution < 1.29 is 9.90 Å². The summed E-state index contributed by atoms with van der Waals surface area (Å²) in [4.78, 5) is 10.5. The molecule has 0 fully saturated rings. The molecule has 0 unspecified atom stereocenters. The first kappa shape index (κ1) is 18.3. The second-order valence-electron chi connectivity index (χ2n) is 6.84. The average Bonchev–Trinajstić information content (AvgIpc) is 2.36. The van der Waals surface area contributed by atoms with Gasteiger partial charge in [0.05, 0.1) is 0 Å². The second-order valence-corrected chi connectivity index (χ2v) is 6.84. The number of carbonyl (C=O) groups is 1. The van der Waals surface area contributed by atoms with Crippen LogP contribution in [0.3, 0.4) is 0 Å². The third-order valence-electron chi connectivity index (χ3n) is 4.16. The molecular weight excluding hydrogens is 272 g/mol. The molecule has 0 aromatic carbocycles. The van der Waals surface area contributed by atoms with E-state index in [0.717, 1.165) is 11.1 Å². The van der Waals surface area contributed by atoms with Gasteiger partial charge in [0.2, 0.25) is 0 Å². The first-order chi connectivity index (χ1) is 10.2. The van der Waals surface area contributed by atoms with Crippen molar-refractivity contribution in [2.45, 2.75) is 60.3 Å². The molecule has 0 aromatic rings. The lowest BCUT2D eigenvalue weighted by molar-refractivity contribution is -0.131. The van der Waals surface area contributed by atoms with E-state index >= 15 is 0 Å². The highest BCUT2D eigenvalue weighted by Gasteiger charge is 2.26. The first-order valence-electron chi connectivity index (χ1n) is 7.92. The smallest absolute Gasteiger partial charge is 0.328 e. The summed E-state index contributed by atoms with van der Waals surface area (Å²) in [6.45, 7) is 10.7. The maximum Gasteiger partial charge on any atom is 0.328 e. The van der Waals surface area contributed by atoms with E-state index in [1.165, 1.54) is 36.5 Å². The van der Waals surface area contributed by atoms with Crippen molar-refractivity contribution in [2.75, 3.05) is 0 Å². The average molecular weight is 300 g/mol. The van der Waals surface area contributed by atoms with Crippen LogP contribution in [0.4, 0.5) is 0 Å². The van der Waals surface area contributed by atoms with Gasteiger partial charge in [0, 0.05) is 6.08 Å². The van der Waals surface area contributed by atoms with Crippen LogP contribution in [0.5, 0.6) is 0 Å². The van der Waals surface area contributed by atoms with Gasteiger partial charge in [-0.1, -0.05) is 37.1 Å². The molecule has 0 spiro atoms. The normalized spacial score (nSPS) is 18.3. The molecular formula is C20H28O2. The molecule has 120 valence electrons. The Morgan fingerprint density at radius 3 is 2.64 bits per heavy atom. The highest BCUT2D eigenvalue weighted by atomic mass is 16.4. The van der Waals surface area contributed by atoms with Crippen LogP contribution >= 0.6 is 0 Å². The number of carboxylic acid groups (broad SMARTS) is 1. The van der Waals surface area contributed by atoms with Crippen molar-refractivity contribution in [3.63, 3.8) is 0 Å². The Morgan fingerprint density at radius 2 is 2.05 bits per heavy atom. The molecule has 0 aliphatic heterocycles. The Bertz CT molecular complexity index is 577. The van der Waals surface area contributed by atoms with Crippen LogP contribution in [0, 0.1) is 5.41 Å². The van der Waals surface area contributed by atoms with Gasteiger partial charge in [0.1, 0.15) is 0 Å². The molecule has 0 saturated carbocycles. The molecule has 2 heteroatoms. The summed E-state index contributed by atoms with van der Waals surface area (Å²) in [5.41, 5.74) is 8.38. The van der Waals surface area contributed by atoms with Crippen molar-refractivity contribution in [2.24, 2.45) is 5.41 Å². The van der Waals surface area contributed by atoms with E-state index in [9.17, 15) is 4.79 Å². The van der Waals surface area contributed by atoms with Crippen LogP contribution in [0.1, 0.15) is 60.3 Å². The van der Waals surface area contributed by atoms with E-state index in [-0.39, 0.29) is 5.41 Å². The Hall–Kier alpha value is -1.79. The summed E-state index contributed by atoms with van der Waals surface area (Å²) in [5, 5.41) is 8.67. The SMILES string of the molecule is CC(=C=CC1=C(C)CCCC1(C)C)C=CC/C(C)=C\C(=O)O. The van der Waals surface area contributed by atoms with Gasteiger partial charge in [-0.2, -0.15) is 0 Å². The lowest BCUT2D eigenvalue weighted by Gasteiger charge is -2.32. The first-order valence-corrected chi connectivity index (χ1v) is 7.92. The fraction of sp³-hybridized carbons (Fsp3) is 0.500. The van der Waals surface area contributed by atoms with Crippen molar-refractivity contribution in [3.05, 3.63) is 52.3 Å². The summed E-state index contributed by atoms with van der Waals surface area (Å²) < 4.78 is 0. The largest absolute Gasteiger partial charge is 0.478 e. The molecule has 0 heterocycles. The zero-order valence-corrected chi connectivity index (χ0v) is 14.5. The highest BCUT2D eigenvalue weighted by molar-refractivity contribution is 5.80. The minimum atomic E-state index is -0.889. The van der Waals surface area contributed by atoms with Crippen LogP contribution in [-0.4, -0.2) is 11.1 Å². The fourth-order valence-corrected chi connectivity index (χ4v) is 2.89. The van der Waals surface area contributed by atoms with E-state index in [1.807, 2.05) is 26.0 Å². The van der Waals surface area contributed by atoms with Gasteiger partial charge in [-0.3, -0.25) is 0 Å². The molecule has 0 radical (unpaired) electrons. The number of hydrogen-bond acceptors (Lipinski definition) is 1. The van der Waals surface area contributed by atoms with Crippen LogP contribution in [-0.2, 0) is 4.79 Å². The Morgan fingerprint density at radius 1 is 1.36 bits per heavy atom. The highest BCUT2D eigenvalue weighted by Crippen LogP contribution is 2.40. The number of allylic oxidation sites excluding steroid dienone is 6. The van der Waals surface area contributed by atoms with Crippen molar-refractivity contribution >= 4 is 5.97 Å². The lowest BCUT2D eigenvalue weighted by Crippen LogP contribution is -2.18. The molecule has 2 nitrogen and oxygen atoms in total. The van der Waals surface area contributed by atoms with Crippen molar-refractivity contribution in [1.29, 1.82) is 0 Å². The van der Waals surface area contributed by atoms with Crippen LogP contribution in [0.25, 0.3) is 0 Å². The van der Waals surface area contributed by atoms with Gasteiger partial charge in [0.15, 0.2) is 0 Å². The molecule has 0 atom stereocenters. The number of rotatable bonds is 5. The molecule has 0 amide bonds. The van der Waals surface area contributed by atoms with Gasteiger partial charge < -0.3 is 5.11 Å². The minimum absolute atomic E-state index is 0.236. The Balaban J connectivity index is 2.82. The predicted molar refractivity (Wildman–Crippen MR) is 92.8 cm³/mol. The third-order valence-corrected chi connectivity index (χ3v) is 4.16. The summed E-state index contributed by atoms with van der Waals surface area (Å²) in [5.74, 6) is -0.889. The molecule has 0 bridgehead atoms. The topological polar surface area (TPSA) is 37.3 Å². The summed E-state index contributed by atoms with van der Waals surface area (Å²) >= 11 is 0. The van der Waals surface area contributed by atoms with Gasteiger partial charge in [-0.15, -0.1) is 5.73 Å². The monoisotopic (exact) mass is 300 g/mol. The summed E-state index contributed by atoms with van der Waals surface area (Å²) in [7, 11) is 0. The van der Waals surface area contributed by atoms with E-state index < -0.39 is 5.97 Å². The van der Waals surface area contributed by atoms with Gasteiger partial charge in [-0.05, 0) is 69.1 Å². The number of hydrogen-bond donors (Lipinski definition) is 1. The molecule has 22 heavy (non-hydrogen) atoms. The van der Waals surface area contributed by atoms with Crippen molar-refractivity contribution in [1.82, 2.24) is 0 Å². The maximum absolute atomic E-state index is 10.5. The Kier molecular flexibility index (Phi) is 6.64.